The Labute approximate surface area is 151 Å². The Balaban J connectivity index is 2.00. The zero-order valence-electron chi connectivity index (χ0n) is 15.4. The number of sulfonamides is 1. The molecule has 25 heavy (non-hydrogen) atoms. The average Bonchev–Trinajstić information content (AvgIpc) is 2.65. The van der Waals surface area contributed by atoms with Crippen LogP contribution in [-0.2, 0) is 14.8 Å². The molecule has 0 spiro atoms. The lowest BCUT2D eigenvalue weighted by Crippen LogP contribution is -2.50. The molecule has 0 aliphatic carbocycles. The minimum atomic E-state index is -3.49. The molecule has 1 aliphatic heterocycles. The Morgan fingerprint density at radius 2 is 1.76 bits per heavy atom. The Bertz CT molecular complexity index is 665. The van der Waals surface area contributed by atoms with Gasteiger partial charge in [-0.05, 0) is 37.1 Å². The lowest BCUT2D eigenvalue weighted by Gasteiger charge is -2.34. The van der Waals surface area contributed by atoms with E-state index in [1.54, 1.807) is 17.0 Å². The molecule has 6 nitrogen and oxygen atoms in total. The number of nitrogens with zero attached hydrogens (tertiary/aromatic N) is 2. The molecule has 0 radical (unpaired) electrons. The minimum absolute atomic E-state index is 0.0734. The van der Waals surface area contributed by atoms with E-state index < -0.39 is 10.0 Å². The second kappa shape index (κ2) is 8.78. The van der Waals surface area contributed by atoms with Crippen molar-refractivity contribution in [2.75, 3.05) is 39.8 Å². The molecule has 1 heterocycles. The highest BCUT2D eigenvalue weighted by Gasteiger charge is 2.29. The van der Waals surface area contributed by atoms with E-state index in [1.807, 2.05) is 19.2 Å². The van der Waals surface area contributed by atoms with Crippen LogP contribution in [0.5, 0.6) is 0 Å². The second-order valence-electron chi connectivity index (χ2n) is 6.52. The van der Waals surface area contributed by atoms with Crippen LogP contribution in [0.1, 0.15) is 38.2 Å². The molecule has 0 bridgehead atoms. The number of rotatable bonds is 7. The van der Waals surface area contributed by atoms with Crippen molar-refractivity contribution in [2.45, 2.75) is 37.5 Å². The van der Waals surface area contributed by atoms with Crippen molar-refractivity contribution in [1.29, 1.82) is 0 Å². The first-order valence-corrected chi connectivity index (χ1v) is 10.4. The van der Waals surface area contributed by atoms with Gasteiger partial charge in [0.1, 0.15) is 0 Å². The molecule has 1 unspecified atom stereocenters. The molecular formula is C18H29N3O3S. The number of carbonyl (C=O) groups excluding carboxylic acids is 1. The van der Waals surface area contributed by atoms with Crippen molar-refractivity contribution in [2.24, 2.45) is 0 Å². The van der Waals surface area contributed by atoms with E-state index in [4.69, 9.17) is 0 Å². The molecule has 1 atom stereocenters. The molecule has 1 fully saturated rings. The summed E-state index contributed by atoms with van der Waals surface area (Å²) in [6.45, 7) is 6.49. The summed E-state index contributed by atoms with van der Waals surface area (Å²) < 4.78 is 27.1. The van der Waals surface area contributed by atoms with Crippen LogP contribution >= 0.6 is 0 Å². The van der Waals surface area contributed by atoms with Gasteiger partial charge in [0.25, 0.3) is 0 Å². The van der Waals surface area contributed by atoms with Crippen LogP contribution in [0.15, 0.2) is 29.2 Å². The van der Waals surface area contributed by atoms with Crippen LogP contribution in [0.4, 0.5) is 0 Å². The predicted octanol–water partition coefficient (Wildman–Crippen LogP) is 1.64. The van der Waals surface area contributed by atoms with E-state index in [2.05, 4.69) is 19.2 Å². The first kappa shape index (κ1) is 19.9. The van der Waals surface area contributed by atoms with Gasteiger partial charge >= 0.3 is 0 Å². The Kier molecular flexibility index (Phi) is 6.98. The molecule has 1 saturated heterocycles. The van der Waals surface area contributed by atoms with Crippen molar-refractivity contribution >= 4 is 15.9 Å². The fraction of sp³-hybridized carbons (Fsp3) is 0.611. The van der Waals surface area contributed by atoms with E-state index in [-0.39, 0.29) is 5.91 Å². The van der Waals surface area contributed by atoms with Crippen molar-refractivity contribution in [1.82, 2.24) is 14.5 Å². The SMILES string of the molecule is CCC(C)c1ccc(S(=O)(=O)N2CCN(C(=O)CCNC)CC2)cc1. The zero-order chi connectivity index (χ0) is 18.4. The van der Waals surface area contributed by atoms with Gasteiger partial charge in [0.15, 0.2) is 0 Å². The van der Waals surface area contributed by atoms with Crippen LogP contribution in [0, 0.1) is 0 Å². The summed E-state index contributed by atoms with van der Waals surface area (Å²) in [5, 5.41) is 2.95. The highest BCUT2D eigenvalue weighted by Crippen LogP contribution is 2.23. The minimum Gasteiger partial charge on any atom is -0.340 e. The average molecular weight is 368 g/mol. The molecule has 2 rings (SSSR count). The summed E-state index contributed by atoms with van der Waals surface area (Å²) >= 11 is 0. The lowest BCUT2D eigenvalue weighted by molar-refractivity contribution is -0.132. The summed E-state index contributed by atoms with van der Waals surface area (Å²) in [5.41, 5.74) is 1.15. The number of piperazine rings is 1. The fourth-order valence-corrected chi connectivity index (χ4v) is 4.34. The molecule has 1 amide bonds. The van der Waals surface area contributed by atoms with Gasteiger partial charge in [-0.1, -0.05) is 26.0 Å². The summed E-state index contributed by atoms with van der Waals surface area (Å²) in [7, 11) is -1.68. The highest BCUT2D eigenvalue weighted by atomic mass is 32.2. The predicted molar refractivity (Wildman–Crippen MR) is 99.0 cm³/mol. The van der Waals surface area contributed by atoms with Crippen molar-refractivity contribution < 1.29 is 13.2 Å². The van der Waals surface area contributed by atoms with Gasteiger partial charge in [0.2, 0.25) is 15.9 Å². The third-order valence-corrected chi connectivity index (χ3v) is 6.79. The number of benzene rings is 1. The maximum atomic E-state index is 12.8. The maximum Gasteiger partial charge on any atom is 0.243 e. The van der Waals surface area contributed by atoms with Crippen LogP contribution in [0.25, 0.3) is 0 Å². The summed E-state index contributed by atoms with van der Waals surface area (Å²) in [5.74, 6) is 0.494. The topological polar surface area (TPSA) is 69.7 Å². The molecule has 0 saturated carbocycles. The highest BCUT2D eigenvalue weighted by molar-refractivity contribution is 7.89. The molecule has 1 aromatic rings. The standard InChI is InChI=1S/C18H29N3O3S/c1-4-15(2)16-5-7-17(8-6-16)25(23,24)21-13-11-20(12-14-21)18(22)9-10-19-3/h5-8,15,19H,4,9-14H2,1-3H3. The smallest absolute Gasteiger partial charge is 0.243 e. The molecule has 0 aromatic heterocycles. The van der Waals surface area contributed by atoms with Gasteiger partial charge in [-0.2, -0.15) is 4.31 Å². The molecule has 1 aliphatic rings. The second-order valence-corrected chi connectivity index (χ2v) is 8.45. The number of amides is 1. The fourth-order valence-electron chi connectivity index (χ4n) is 2.92. The number of hydrogen-bond acceptors (Lipinski definition) is 4. The van der Waals surface area contributed by atoms with E-state index in [9.17, 15) is 13.2 Å². The molecule has 140 valence electrons. The Morgan fingerprint density at radius 1 is 1.16 bits per heavy atom. The van der Waals surface area contributed by atoms with Crippen LogP contribution in [-0.4, -0.2) is 63.3 Å². The normalized spacial score (nSPS) is 17.5. The summed E-state index contributed by atoms with van der Waals surface area (Å²) in [4.78, 5) is 14.1. The molecule has 1 aromatic carbocycles. The number of hydrogen-bond donors (Lipinski definition) is 1. The number of carbonyl (C=O) groups is 1. The summed E-state index contributed by atoms with van der Waals surface area (Å²) in [6.07, 6.45) is 1.47. The van der Waals surface area contributed by atoms with E-state index in [0.717, 1.165) is 12.0 Å². The van der Waals surface area contributed by atoms with Crippen molar-refractivity contribution in [3.05, 3.63) is 29.8 Å². The van der Waals surface area contributed by atoms with Gasteiger partial charge in [-0.3, -0.25) is 4.79 Å². The zero-order valence-corrected chi connectivity index (χ0v) is 16.2. The molecule has 1 N–H and O–H groups in total. The van der Waals surface area contributed by atoms with Gasteiger partial charge < -0.3 is 10.2 Å². The molecule has 7 heteroatoms. The van der Waals surface area contributed by atoms with E-state index >= 15 is 0 Å². The van der Waals surface area contributed by atoms with Gasteiger partial charge in [0, 0.05) is 39.1 Å². The summed E-state index contributed by atoms with van der Waals surface area (Å²) in [6, 6.07) is 7.19. The monoisotopic (exact) mass is 367 g/mol. The number of nitrogens with one attached hydrogen (secondary N) is 1. The molecular weight excluding hydrogens is 338 g/mol. The van der Waals surface area contributed by atoms with Crippen molar-refractivity contribution in [3.8, 4) is 0 Å². The Hall–Kier alpha value is -1.44. The quantitative estimate of drug-likeness (QED) is 0.795. The van der Waals surface area contributed by atoms with Crippen LogP contribution in [0.2, 0.25) is 0 Å². The van der Waals surface area contributed by atoms with Crippen LogP contribution < -0.4 is 5.32 Å². The third-order valence-electron chi connectivity index (χ3n) is 4.88. The van der Waals surface area contributed by atoms with E-state index in [1.165, 1.54) is 4.31 Å². The van der Waals surface area contributed by atoms with Crippen LogP contribution in [0.3, 0.4) is 0 Å². The van der Waals surface area contributed by atoms with Gasteiger partial charge in [-0.25, -0.2) is 8.42 Å². The van der Waals surface area contributed by atoms with Gasteiger partial charge in [-0.15, -0.1) is 0 Å². The maximum absolute atomic E-state index is 12.8. The largest absolute Gasteiger partial charge is 0.340 e. The first-order valence-electron chi connectivity index (χ1n) is 8.92. The Morgan fingerprint density at radius 3 is 2.28 bits per heavy atom. The third kappa shape index (κ3) is 4.80. The lowest BCUT2D eigenvalue weighted by atomic mass is 9.99. The first-order chi connectivity index (χ1) is 11.9. The van der Waals surface area contributed by atoms with Gasteiger partial charge in [0.05, 0.1) is 4.90 Å². The van der Waals surface area contributed by atoms with E-state index in [0.29, 0.717) is 50.0 Å². The van der Waals surface area contributed by atoms with Crippen molar-refractivity contribution in [3.63, 3.8) is 0 Å².